The van der Waals surface area contributed by atoms with E-state index < -0.39 is 0 Å². The van der Waals surface area contributed by atoms with Crippen LogP contribution in [0.15, 0.2) is 60.8 Å². The summed E-state index contributed by atoms with van der Waals surface area (Å²) in [6, 6.07) is 18.3. The predicted octanol–water partition coefficient (Wildman–Crippen LogP) is 6.91. The maximum Gasteiger partial charge on any atom is 0.141 e. The summed E-state index contributed by atoms with van der Waals surface area (Å²) in [7, 11) is 0. The average Bonchev–Trinajstić information content (AvgIpc) is 3.30. The van der Waals surface area contributed by atoms with Crippen molar-refractivity contribution < 1.29 is 4.74 Å². The fourth-order valence-corrected chi connectivity index (χ4v) is 4.40. The van der Waals surface area contributed by atoms with Gasteiger partial charge in [-0.1, -0.05) is 26.8 Å². The molecule has 1 aromatic carbocycles. The van der Waals surface area contributed by atoms with Crippen molar-refractivity contribution in [2.24, 2.45) is 0 Å². The molecule has 6 heteroatoms. The summed E-state index contributed by atoms with van der Waals surface area (Å²) in [5.41, 5.74) is 9.05. The molecule has 178 valence electrons. The quantitative estimate of drug-likeness (QED) is 0.289. The van der Waals surface area contributed by atoms with Crippen LogP contribution in [-0.2, 0) is 5.41 Å². The summed E-state index contributed by atoms with van der Waals surface area (Å²) in [4.78, 5) is 9.51. The lowest BCUT2D eigenvalue weighted by Crippen LogP contribution is -2.11. The highest BCUT2D eigenvalue weighted by Crippen LogP contribution is 2.33. The van der Waals surface area contributed by atoms with E-state index in [0.29, 0.717) is 5.75 Å². The largest absolute Gasteiger partial charge is 0.457 e. The molecule has 6 nitrogen and oxygen atoms in total. The summed E-state index contributed by atoms with van der Waals surface area (Å²) >= 11 is 0. The highest BCUT2D eigenvalue weighted by Gasteiger charge is 2.18. The van der Waals surface area contributed by atoms with Crippen molar-refractivity contribution in [3.8, 4) is 28.6 Å². The van der Waals surface area contributed by atoms with Crippen LogP contribution < -0.4 is 4.74 Å². The Labute approximate surface area is 206 Å². The lowest BCUT2D eigenvalue weighted by Gasteiger charge is -2.20. The smallest absolute Gasteiger partial charge is 0.141 e. The van der Waals surface area contributed by atoms with Crippen molar-refractivity contribution in [3.05, 3.63) is 89.1 Å². The molecular formula is C29H31N5O. The second kappa shape index (κ2) is 8.38. The van der Waals surface area contributed by atoms with E-state index in [0.717, 1.165) is 51.2 Å². The highest BCUT2D eigenvalue weighted by atomic mass is 16.5. The Balaban J connectivity index is 1.61. The minimum atomic E-state index is 0.0221. The van der Waals surface area contributed by atoms with Crippen molar-refractivity contribution in [3.63, 3.8) is 0 Å². The van der Waals surface area contributed by atoms with Crippen LogP contribution in [0.3, 0.4) is 0 Å². The predicted molar refractivity (Wildman–Crippen MR) is 140 cm³/mol. The van der Waals surface area contributed by atoms with Gasteiger partial charge in [0.15, 0.2) is 0 Å². The van der Waals surface area contributed by atoms with Gasteiger partial charge in [0, 0.05) is 35.8 Å². The zero-order chi connectivity index (χ0) is 24.9. The van der Waals surface area contributed by atoms with E-state index in [2.05, 4.69) is 62.3 Å². The van der Waals surface area contributed by atoms with Crippen LogP contribution in [0.5, 0.6) is 11.5 Å². The Kier molecular flexibility index (Phi) is 5.47. The first-order chi connectivity index (χ1) is 16.6. The lowest BCUT2D eigenvalue weighted by atomic mass is 9.87. The number of aromatic nitrogens is 5. The third-order valence-corrected chi connectivity index (χ3v) is 6.36. The summed E-state index contributed by atoms with van der Waals surface area (Å²) in [5, 5.41) is 4.60. The van der Waals surface area contributed by atoms with E-state index in [1.54, 1.807) is 0 Å². The molecule has 0 aliphatic carbocycles. The number of fused-ring (bicyclic) bond motifs is 1. The zero-order valence-electron chi connectivity index (χ0n) is 21.4. The first-order valence-electron chi connectivity index (χ1n) is 11.9. The van der Waals surface area contributed by atoms with Gasteiger partial charge in [-0.2, -0.15) is 5.10 Å². The molecule has 0 spiro atoms. The highest BCUT2D eigenvalue weighted by molar-refractivity contribution is 5.66. The van der Waals surface area contributed by atoms with Crippen LogP contribution in [0.2, 0.25) is 0 Å². The number of hydrogen-bond donors (Lipinski definition) is 0. The van der Waals surface area contributed by atoms with E-state index in [1.165, 1.54) is 5.56 Å². The Bertz CT molecular complexity index is 1550. The van der Waals surface area contributed by atoms with Crippen LogP contribution in [0.4, 0.5) is 0 Å². The molecule has 0 fully saturated rings. The van der Waals surface area contributed by atoms with E-state index in [9.17, 15) is 0 Å². The van der Waals surface area contributed by atoms with Gasteiger partial charge in [-0.05, 0) is 69.0 Å². The average molecular weight is 466 g/mol. The van der Waals surface area contributed by atoms with Gasteiger partial charge in [0.2, 0.25) is 0 Å². The molecule has 4 aromatic heterocycles. The van der Waals surface area contributed by atoms with Gasteiger partial charge in [-0.25, -0.2) is 9.67 Å². The van der Waals surface area contributed by atoms with Gasteiger partial charge in [0.25, 0.3) is 0 Å². The molecule has 35 heavy (non-hydrogen) atoms. The van der Waals surface area contributed by atoms with Gasteiger partial charge in [0.1, 0.15) is 17.1 Å². The van der Waals surface area contributed by atoms with Gasteiger partial charge in [-0.3, -0.25) is 9.38 Å². The van der Waals surface area contributed by atoms with Crippen molar-refractivity contribution >= 4 is 5.65 Å². The van der Waals surface area contributed by atoms with E-state index in [-0.39, 0.29) is 5.41 Å². The molecular weight excluding hydrogens is 434 g/mol. The number of hydrogen-bond acceptors (Lipinski definition) is 4. The maximum atomic E-state index is 6.38. The fraction of sp³-hybridized carbons (Fsp3) is 0.276. The summed E-state index contributed by atoms with van der Waals surface area (Å²) in [5.74, 6) is 1.45. The molecule has 0 saturated heterocycles. The monoisotopic (exact) mass is 465 g/mol. The SMILES string of the molecule is Cc1cc(C)n(-c2cccc(Oc3cc(-c4cc(C(C)(C)C)ccn4)n4c(C)c(C)nc4c3)c2)n1. The molecule has 0 N–H and O–H groups in total. The third kappa shape index (κ3) is 4.32. The van der Waals surface area contributed by atoms with Gasteiger partial charge in [-0.15, -0.1) is 0 Å². The zero-order valence-corrected chi connectivity index (χ0v) is 21.4. The molecule has 0 amide bonds. The topological polar surface area (TPSA) is 57.2 Å². The molecule has 4 heterocycles. The van der Waals surface area contributed by atoms with Crippen molar-refractivity contribution in [1.29, 1.82) is 0 Å². The molecule has 5 rings (SSSR count). The standard InChI is InChI=1S/C29H31N5O/c1-18-13-19(2)34(32-18)23-9-8-10-24(15-23)35-25-16-27(33-21(4)20(3)31-28(33)17-25)26-14-22(11-12-30-26)29(5,6)7/h8-17H,1-7H3. The first-order valence-corrected chi connectivity index (χ1v) is 11.9. The van der Waals surface area contributed by atoms with E-state index in [1.807, 2.05) is 61.1 Å². The van der Waals surface area contributed by atoms with Crippen LogP contribution in [0, 0.1) is 27.7 Å². The first kappa shape index (κ1) is 22.8. The summed E-state index contributed by atoms with van der Waals surface area (Å²) in [6.07, 6.45) is 1.88. The number of pyridine rings is 2. The summed E-state index contributed by atoms with van der Waals surface area (Å²) in [6.45, 7) is 14.8. The fourth-order valence-electron chi connectivity index (χ4n) is 4.40. The van der Waals surface area contributed by atoms with E-state index >= 15 is 0 Å². The number of benzene rings is 1. The normalized spacial score (nSPS) is 11.9. The number of imidazole rings is 1. The molecule has 0 aliphatic rings. The number of nitrogens with zero attached hydrogens (tertiary/aromatic N) is 5. The maximum absolute atomic E-state index is 6.38. The Morgan fingerprint density at radius 3 is 2.37 bits per heavy atom. The summed E-state index contributed by atoms with van der Waals surface area (Å²) < 4.78 is 10.5. The second-order valence-corrected chi connectivity index (χ2v) is 10.2. The van der Waals surface area contributed by atoms with Gasteiger partial charge in [0.05, 0.1) is 28.5 Å². The van der Waals surface area contributed by atoms with Crippen molar-refractivity contribution in [2.45, 2.75) is 53.9 Å². The minimum Gasteiger partial charge on any atom is -0.457 e. The van der Waals surface area contributed by atoms with Crippen LogP contribution in [0.1, 0.15) is 49.1 Å². The van der Waals surface area contributed by atoms with Crippen molar-refractivity contribution in [1.82, 2.24) is 24.1 Å². The second-order valence-electron chi connectivity index (χ2n) is 10.2. The molecule has 5 aromatic rings. The van der Waals surface area contributed by atoms with Crippen LogP contribution in [0.25, 0.3) is 22.7 Å². The molecule has 0 radical (unpaired) electrons. The van der Waals surface area contributed by atoms with Gasteiger partial charge >= 0.3 is 0 Å². The third-order valence-electron chi connectivity index (χ3n) is 6.36. The van der Waals surface area contributed by atoms with Crippen molar-refractivity contribution in [2.75, 3.05) is 0 Å². The van der Waals surface area contributed by atoms with Crippen LogP contribution >= 0.6 is 0 Å². The molecule has 0 saturated carbocycles. The minimum absolute atomic E-state index is 0.0221. The van der Waals surface area contributed by atoms with E-state index in [4.69, 9.17) is 14.7 Å². The number of rotatable bonds is 4. The Morgan fingerprint density at radius 2 is 1.66 bits per heavy atom. The van der Waals surface area contributed by atoms with Crippen LogP contribution in [-0.4, -0.2) is 24.1 Å². The molecule has 0 unspecified atom stereocenters. The number of ether oxygens (including phenoxy) is 1. The van der Waals surface area contributed by atoms with Gasteiger partial charge < -0.3 is 4.74 Å². The molecule has 0 atom stereocenters. The number of aryl methyl sites for hydroxylation is 4. The molecule has 0 bridgehead atoms. The lowest BCUT2D eigenvalue weighted by molar-refractivity contribution is 0.482. The Hall–Kier alpha value is -3.93. The Morgan fingerprint density at radius 1 is 0.857 bits per heavy atom. The molecule has 0 aliphatic heterocycles.